The third-order valence-electron chi connectivity index (χ3n) is 9.72. The zero-order chi connectivity index (χ0) is 19.4. The summed E-state index contributed by atoms with van der Waals surface area (Å²) in [4.78, 5) is 11.1. The van der Waals surface area contributed by atoms with Crippen LogP contribution in [0.2, 0.25) is 0 Å². The van der Waals surface area contributed by atoms with Gasteiger partial charge in [0, 0.05) is 0 Å². The van der Waals surface area contributed by atoms with E-state index in [-0.39, 0.29) is 17.8 Å². The Hall–Kier alpha value is -0.830. The lowest BCUT2D eigenvalue weighted by atomic mass is 9.47. The van der Waals surface area contributed by atoms with Crippen LogP contribution in [0.5, 0.6) is 0 Å². The summed E-state index contributed by atoms with van der Waals surface area (Å²) in [6.45, 7) is 7.13. The summed E-state index contributed by atoms with van der Waals surface area (Å²) < 4.78 is 0. The topological polar surface area (TPSA) is 57.5 Å². The van der Waals surface area contributed by atoms with E-state index < -0.39 is 12.1 Å². The van der Waals surface area contributed by atoms with Crippen molar-refractivity contribution in [2.75, 3.05) is 0 Å². The summed E-state index contributed by atoms with van der Waals surface area (Å²) in [5, 5.41) is 19.6. The van der Waals surface area contributed by atoms with Crippen molar-refractivity contribution in [3.05, 3.63) is 11.6 Å². The van der Waals surface area contributed by atoms with Crippen molar-refractivity contribution in [2.45, 2.75) is 91.1 Å². The minimum Gasteiger partial charge on any atom is -0.481 e. The van der Waals surface area contributed by atoms with Crippen LogP contribution >= 0.6 is 0 Å². The van der Waals surface area contributed by atoms with E-state index in [1.165, 1.54) is 51.4 Å². The summed E-state index contributed by atoms with van der Waals surface area (Å²) in [6.07, 6.45) is 13.5. The van der Waals surface area contributed by atoms with Crippen LogP contribution in [0, 0.1) is 40.4 Å². The van der Waals surface area contributed by atoms with Crippen molar-refractivity contribution in [1.29, 1.82) is 0 Å². The molecule has 0 aromatic carbocycles. The number of aliphatic carboxylic acids is 1. The van der Waals surface area contributed by atoms with E-state index >= 15 is 0 Å². The Morgan fingerprint density at radius 1 is 1.19 bits per heavy atom. The van der Waals surface area contributed by atoms with Gasteiger partial charge in [-0.1, -0.05) is 38.8 Å². The molecule has 4 aliphatic rings. The van der Waals surface area contributed by atoms with Crippen LogP contribution in [0.15, 0.2) is 11.6 Å². The highest BCUT2D eigenvalue weighted by molar-refractivity contribution is 5.67. The highest BCUT2D eigenvalue weighted by Gasteiger charge is 2.59. The maximum Gasteiger partial charge on any atom is 0.305 e. The van der Waals surface area contributed by atoms with Gasteiger partial charge in [-0.05, 0) is 91.8 Å². The number of allylic oxidation sites excluding steroid dienone is 2. The first-order chi connectivity index (χ1) is 12.8. The Bertz CT molecular complexity index is 625. The van der Waals surface area contributed by atoms with Gasteiger partial charge in [0.2, 0.25) is 0 Å². The maximum atomic E-state index is 11.1. The van der Waals surface area contributed by atoms with Gasteiger partial charge in [-0.3, -0.25) is 4.79 Å². The number of carbonyl (C=O) groups is 1. The standard InChI is InChI=1S/C24H38O3/c1-15(21(25)14-22(26)27)18-9-10-19-17-8-7-16-6-4-5-12-23(16,2)20(17)11-13-24(18,19)3/h7,15,17-21,25H,4-6,8-14H2,1-3H3,(H,26,27)/t15-,17-,18+,19-,20-,21?,23-,24+/m0/s1. The average molecular weight is 375 g/mol. The molecular weight excluding hydrogens is 336 g/mol. The van der Waals surface area contributed by atoms with Gasteiger partial charge in [0.05, 0.1) is 12.5 Å². The molecule has 0 spiro atoms. The summed E-state index contributed by atoms with van der Waals surface area (Å²) in [7, 11) is 0. The number of rotatable bonds is 4. The normalized spacial score (nSPS) is 45.9. The second-order valence-corrected chi connectivity index (χ2v) is 10.7. The molecule has 0 bridgehead atoms. The number of hydrogen-bond acceptors (Lipinski definition) is 2. The molecule has 0 amide bonds. The summed E-state index contributed by atoms with van der Waals surface area (Å²) in [5.74, 6) is 2.04. The number of aliphatic hydroxyl groups excluding tert-OH is 1. The number of carboxylic acids is 1. The summed E-state index contributed by atoms with van der Waals surface area (Å²) in [6, 6.07) is 0. The molecule has 0 radical (unpaired) electrons. The lowest BCUT2D eigenvalue weighted by molar-refractivity contribution is -0.141. The molecule has 152 valence electrons. The van der Waals surface area contributed by atoms with Crippen molar-refractivity contribution in [2.24, 2.45) is 40.4 Å². The van der Waals surface area contributed by atoms with Crippen molar-refractivity contribution in [1.82, 2.24) is 0 Å². The second kappa shape index (κ2) is 6.90. The van der Waals surface area contributed by atoms with Gasteiger partial charge >= 0.3 is 5.97 Å². The molecule has 4 rings (SSSR count). The van der Waals surface area contributed by atoms with E-state index in [0.717, 1.165) is 24.2 Å². The molecule has 3 saturated carbocycles. The van der Waals surface area contributed by atoms with Crippen molar-refractivity contribution in [3.63, 3.8) is 0 Å². The Morgan fingerprint density at radius 3 is 2.70 bits per heavy atom. The van der Waals surface area contributed by atoms with Gasteiger partial charge < -0.3 is 10.2 Å². The number of fused-ring (bicyclic) bond motifs is 5. The van der Waals surface area contributed by atoms with Gasteiger partial charge in [-0.25, -0.2) is 0 Å². The third-order valence-corrected chi connectivity index (χ3v) is 9.72. The Labute approximate surface area is 164 Å². The predicted molar refractivity (Wildman–Crippen MR) is 107 cm³/mol. The quantitative estimate of drug-likeness (QED) is 0.645. The molecule has 1 unspecified atom stereocenters. The zero-order valence-corrected chi connectivity index (χ0v) is 17.4. The van der Waals surface area contributed by atoms with Crippen LogP contribution in [0.3, 0.4) is 0 Å². The average Bonchev–Trinajstić information content (AvgIpc) is 2.97. The van der Waals surface area contributed by atoms with E-state index in [4.69, 9.17) is 5.11 Å². The molecule has 8 atom stereocenters. The van der Waals surface area contributed by atoms with Gasteiger partial charge in [0.25, 0.3) is 0 Å². The molecular formula is C24H38O3. The van der Waals surface area contributed by atoms with Crippen molar-refractivity contribution in [3.8, 4) is 0 Å². The molecule has 0 aromatic heterocycles. The van der Waals surface area contributed by atoms with Gasteiger partial charge in [-0.15, -0.1) is 0 Å². The van der Waals surface area contributed by atoms with Gasteiger partial charge in [0.1, 0.15) is 0 Å². The lowest BCUT2D eigenvalue weighted by Gasteiger charge is -2.58. The number of carboxylic acid groups (broad SMARTS) is 1. The molecule has 0 heterocycles. The molecule has 3 heteroatoms. The van der Waals surface area contributed by atoms with Crippen LogP contribution < -0.4 is 0 Å². The molecule has 0 saturated heterocycles. The first-order valence-corrected chi connectivity index (χ1v) is 11.4. The fourth-order valence-electron chi connectivity index (χ4n) is 8.24. The first kappa shape index (κ1) is 19.5. The van der Waals surface area contributed by atoms with Crippen LogP contribution in [-0.4, -0.2) is 22.3 Å². The van der Waals surface area contributed by atoms with E-state index in [1.807, 2.05) is 0 Å². The van der Waals surface area contributed by atoms with Gasteiger partial charge in [-0.2, -0.15) is 0 Å². The van der Waals surface area contributed by atoms with E-state index in [0.29, 0.717) is 11.3 Å². The summed E-state index contributed by atoms with van der Waals surface area (Å²) in [5.41, 5.74) is 2.48. The van der Waals surface area contributed by atoms with Crippen LogP contribution in [0.25, 0.3) is 0 Å². The smallest absolute Gasteiger partial charge is 0.305 e. The van der Waals surface area contributed by atoms with Crippen molar-refractivity contribution >= 4 is 5.97 Å². The van der Waals surface area contributed by atoms with E-state index in [9.17, 15) is 9.90 Å². The lowest BCUT2D eigenvalue weighted by Crippen LogP contribution is -2.50. The highest BCUT2D eigenvalue weighted by Crippen LogP contribution is 2.67. The second-order valence-electron chi connectivity index (χ2n) is 10.7. The van der Waals surface area contributed by atoms with Gasteiger partial charge in [0.15, 0.2) is 0 Å². The molecule has 0 aromatic rings. The first-order valence-electron chi connectivity index (χ1n) is 11.4. The third kappa shape index (κ3) is 2.99. The fraction of sp³-hybridized carbons (Fsp3) is 0.875. The highest BCUT2D eigenvalue weighted by atomic mass is 16.4. The minimum absolute atomic E-state index is 0.0765. The predicted octanol–water partition coefficient (Wildman–Crippen LogP) is 5.43. The molecule has 3 nitrogen and oxygen atoms in total. The van der Waals surface area contributed by atoms with E-state index in [2.05, 4.69) is 26.8 Å². The number of hydrogen-bond donors (Lipinski definition) is 2. The molecule has 0 aliphatic heterocycles. The monoisotopic (exact) mass is 374 g/mol. The maximum absolute atomic E-state index is 11.1. The largest absolute Gasteiger partial charge is 0.481 e. The summed E-state index contributed by atoms with van der Waals surface area (Å²) >= 11 is 0. The Kier molecular flexibility index (Phi) is 4.98. The van der Waals surface area contributed by atoms with Crippen LogP contribution in [-0.2, 0) is 4.79 Å². The zero-order valence-electron chi connectivity index (χ0n) is 17.4. The molecule has 27 heavy (non-hydrogen) atoms. The Morgan fingerprint density at radius 2 is 1.96 bits per heavy atom. The minimum atomic E-state index is -0.882. The van der Waals surface area contributed by atoms with Crippen LogP contribution in [0.1, 0.15) is 85.0 Å². The SMILES string of the molecule is C[C@H](C(O)CC(=O)O)[C@H]1CC[C@H]2[C@@H]3CC=C4CCCC[C@]4(C)[C@H]3CC[C@]12C. The molecule has 3 fully saturated rings. The molecule has 4 aliphatic carbocycles. The molecule has 2 N–H and O–H groups in total. The van der Waals surface area contributed by atoms with Crippen molar-refractivity contribution < 1.29 is 15.0 Å². The van der Waals surface area contributed by atoms with Crippen LogP contribution in [0.4, 0.5) is 0 Å². The Balaban J connectivity index is 1.56. The van der Waals surface area contributed by atoms with E-state index in [1.54, 1.807) is 5.57 Å². The number of aliphatic hydroxyl groups is 1. The fourth-order valence-corrected chi connectivity index (χ4v) is 8.24.